The number of hydrogen-bond donors (Lipinski definition) is 1. The van der Waals surface area contributed by atoms with E-state index in [-0.39, 0.29) is 11.8 Å². The number of benzene rings is 3. The van der Waals surface area contributed by atoms with Gasteiger partial charge in [-0.15, -0.1) is 0 Å². The Morgan fingerprint density at radius 1 is 1.00 bits per heavy atom. The maximum Gasteiger partial charge on any atom is 0.343 e. The van der Waals surface area contributed by atoms with Crippen LogP contribution in [0.1, 0.15) is 28.3 Å². The molecule has 5 nitrogen and oxygen atoms in total. The molecule has 0 spiro atoms. The normalized spacial score (nSPS) is 21.9. The molecule has 0 amide bonds. The Bertz CT molecular complexity index is 1170. The van der Waals surface area contributed by atoms with Crippen molar-refractivity contribution in [3.05, 3.63) is 83.9 Å². The van der Waals surface area contributed by atoms with Crippen molar-refractivity contribution in [1.82, 2.24) is 0 Å². The number of carbonyl (C=O) groups is 2. The molecule has 0 unspecified atom stereocenters. The molecule has 3 aromatic rings. The average Bonchev–Trinajstić information content (AvgIpc) is 3.22. The van der Waals surface area contributed by atoms with Crippen LogP contribution in [0.25, 0.3) is 10.8 Å². The van der Waals surface area contributed by atoms with Crippen LogP contribution in [-0.2, 0) is 4.79 Å². The minimum atomic E-state index is -1.10. The van der Waals surface area contributed by atoms with Crippen molar-refractivity contribution >= 4 is 28.4 Å². The molecule has 0 saturated heterocycles. The zero-order valence-electron chi connectivity index (χ0n) is 15.5. The zero-order valence-corrected chi connectivity index (χ0v) is 15.5. The van der Waals surface area contributed by atoms with Gasteiger partial charge >= 0.3 is 5.97 Å². The van der Waals surface area contributed by atoms with Gasteiger partial charge in [-0.1, -0.05) is 42.5 Å². The number of ether oxygens (including phenoxy) is 1. The van der Waals surface area contributed by atoms with E-state index in [1.807, 2.05) is 48.6 Å². The Labute approximate surface area is 167 Å². The van der Waals surface area contributed by atoms with Gasteiger partial charge in [-0.05, 0) is 59.0 Å². The number of esters is 1. The van der Waals surface area contributed by atoms with Crippen LogP contribution in [0.15, 0.2) is 72.8 Å². The van der Waals surface area contributed by atoms with E-state index in [4.69, 9.17) is 4.74 Å². The van der Waals surface area contributed by atoms with Gasteiger partial charge in [0.05, 0.1) is 17.6 Å². The van der Waals surface area contributed by atoms with Gasteiger partial charge in [0, 0.05) is 11.6 Å². The molecule has 1 aliphatic carbocycles. The summed E-state index contributed by atoms with van der Waals surface area (Å²) in [4.78, 5) is 24.2. The summed E-state index contributed by atoms with van der Waals surface area (Å²) >= 11 is 0. The number of rotatable bonds is 3. The van der Waals surface area contributed by atoms with Crippen molar-refractivity contribution < 1.29 is 19.4 Å². The lowest BCUT2D eigenvalue weighted by Crippen LogP contribution is -2.48. The molecular weight excluding hydrogens is 366 g/mol. The van der Waals surface area contributed by atoms with Crippen LogP contribution in [0, 0.1) is 5.92 Å². The van der Waals surface area contributed by atoms with Gasteiger partial charge in [0.2, 0.25) is 0 Å². The smallest absolute Gasteiger partial charge is 0.343 e. The fourth-order valence-electron chi connectivity index (χ4n) is 4.35. The van der Waals surface area contributed by atoms with E-state index in [0.717, 1.165) is 16.3 Å². The fourth-order valence-corrected chi connectivity index (χ4v) is 4.35. The third-order valence-corrected chi connectivity index (χ3v) is 5.78. The van der Waals surface area contributed by atoms with E-state index in [1.165, 1.54) is 0 Å². The molecule has 0 saturated carbocycles. The van der Waals surface area contributed by atoms with Crippen molar-refractivity contribution in [2.75, 3.05) is 5.32 Å². The lowest BCUT2D eigenvalue weighted by atomic mass is 9.79. The van der Waals surface area contributed by atoms with Gasteiger partial charge in [-0.3, -0.25) is 0 Å². The maximum atomic E-state index is 12.7. The molecule has 2 aliphatic rings. The summed E-state index contributed by atoms with van der Waals surface area (Å²) in [5.41, 5.74) is 2.06. The van der Waals surface area contributed by atoms with Gasteiger partial charge in [0.25, 0.3) is 0 Å². The summed E-state index contributed by atoms with van der Waals surface area (Å²) in [6.45, 7) is 0. The molecule has 0 fully saturated rings. The van der Waals surface area contributed by atoms with E-state index in [2.05, 4.69) is 5.32 Å². The second kappa shape index (κ2) is 6.78. The molecule has 1 aliphatic heterocycles. The highest BCUT2D eigenvalue weighted by Gasteiger charge is 2.38. The van der Waals surface area contributed by atoms with E-state index in [1.54, 1.807) is 24.3 Å². The number of aliphatic carboxylic acids is 1. The number of allylic oxidation sites excluding steroid dienone is 2. The SMILES string of the molecule is O=C(Oc1ccc2ccccc2c1)c1ccc2c(c1)[C@H]1C=CC[C@@H]1[C@H](C(=O)[O-])N2. The van der Waals surface area contributed by atoms with Crippen LogP contribution < -0.4 is 15.2 Å². The van der Waals surface area contributed by atoms with Crippen molar-refractivity contribution in [3.8, 4) is 5.75 Å². The molecule has 0 bridgehead atoms. The minimum absolute atomic E-state index is 0.0532. The van der Waals surface area contributed by atoms with Gasteiger partial charge in [-0.25, -0.2) is 4.79 Å². The first-order valence-corrected chi connectivity index (χ1v) is 9.59. The van der Waals surface area contributed by atoms with Gasteiger partial charge in [0.1, 0.15) is 5.75 Å². The number of fused-ring (bicyclic) bond motifs is 4. The highest BCUT2D eigenvalue weighted by Crippen LogP contribution is 2.44. The number of carboxylic acids is 1. The summed E-state index contributed by atoms with van der Waals surface area (Å²) < 4.78 is 5.59. The fraction of sp³-hybridized carbons (Fsp3) is 0.167. The van der Waals surface area contributed by atoms with Crippen LogP contribution in [0.4, 0.5) is 5.69 Å². The van der Waals surface area contributed by atoms with Crippen LogP contribution in [0.5, 0.6) is 5.75 Å². The van der Waals surface area contributed by atoms with E-state index < -0.39 is 18.0 Å². The predicted octanol–water partition coefficient (Wildman–Crippen LogP) is 3.26. The Morgan fingerprint density at radius 2 is 1.83 bits per heavy atom. The quantitative estimate of drug-likeness (QED) is 0.426. The molecule has 1 N–H and O–H groups in total. The lowest BCUT2D eigenvalue weighted by Gasteiger charge is -2.37. The third kappa shape index (κ3) is 3.05. The first kappa shape index (κ1) is 17.5. The largest absolute Gasteiger partial charge is 0.548 e. The molecule has 144 valence electrons. The highest BCUT2D eigenvalue weighted by atomic mass is 16.5. The van der Waals surface area contributed by atoms with Crippen molar-refractivity contribution in [3.63, 3.8) is 0 Å². The molecule has 1 heterocycles. The number of carbonyl (C=O) groups excluding carboxylic acids is 2. The topological polar surface area (TPSA) is 78.5 Å². The van der Waals surface area contributed by atoms with Crippen LogP contribution in [0.2, 0.25) is 0 Å². The minimum Gasteiger partial charge on any atom is -0.548 e. The molecule has 29 heavy (non-hydrogen) atoms. The summed E-state index contributed by atoms with van der Waals surface area (Å²) in [6.07, 6.45) is 4.67. The number of nitrogens with one attached hydrogen (secondary N) is 1. The summed E-state index contributed by atoms with van der Waals surface area (Å²) in [7, 11) is 0. The molecule has 3 aromatic carbocycles. The van der Waals surface area contributed by atoms with Crippen molar-refractivity contribution in [1.29, 1.82) is 0 Å². The monoisotopic (exact) mass is 384 g/mol. The first-order chi connectivity index (χ1) is 14.1. The number of hydrogen-bond acceptors (Lipinski definition) is 5. The maximum absolute atomic E-state index is 12.7. The number of carboxylic acid groups (broad SMARTS) is 1. The predicted molar refractivity (Wildman–Crippen MR) is 108 cm³/mol. The van der Waals surface area contributed by atoms with Gasteiger partial charge < -0.3 is 20.0 Å². The molecule has 5 rings (SSSR count). The summed E-state index contributed by atoms with van der Waals surface area (Å²) in [5, 5.41) is 16.6. The number of anilines is 1. The molecular formula is C24H18NO4-. The Balaban J connectivity index is 1.43. The Kier molecular flexibility index (Phi) is 4.09. The van der Waals surface area contributed by atoms with E-state index in [0.29, 0.717) is 23.4 Å². The molecule has 3 atom stereocenters. The molecule has 0 radical (unpaired) electrons. The summed E-state index contributed by atoms with van der Waals surface area (Å²) in [6, 6.07) is 17.9. The average molecular weight is 384 g/mol. The van der Waals surface area contributed by atoms with E-state index in [9.17, 15) is 14.7 Å². The van der Waals surface area contributed by atoms with Gasteiger partial charge in [-0.2, -0.15) is 0 Å². The van der Waals surface area contributed by atoms with Crippen LogP contribution >= 0.6 is 0 Å². The second-order valence-corrected chi connectivity index (χ2v) is 7.50. The standard InChI is InChI=1S/C24H19NO4/c26-23(27)22-19-7-3-6-18(19)20-13-16(9-11-21(20)25-22)24(28)29-17-10-8-14-4-1-2-5-15(14)12-17/h1-6,8-13,18-19,22,25H,7H2,(H,26,27)/p-1/t18-,19-,22+/m0/s1. The van der Waals surface area contributed by atoms with Crippen LogP contribution in [-0.4, -0.2) is 18.0 Å². The molecule has 5 heteroatoms. The van der Waals surface area contributed by atoms with Crippen molar-refractivity contribution in [2.24, 2.45) is 5.92 Å². The zero-order chi connectivity index (χ0) is 20.0. The second-order valence-electron chi connectivity index (χ2n) is 7.50. The van der Waals surface area contributed by atoms with Crippen LogP contribution in [0.3, 0.4) is 0 Å². The lowest BCUT2D eigenvalue weighted by molar-refractivity contribution is -0.308. The van der Waals surface area contributed by atoms with E-state index >= 15 is 0 Å². The highest BCUT2D eigenvalue weighted by molar-refractivity contribution is 5.93. The Hall–Kier alpha value is -3.60. The van der Waals surface area contributed by atoms with Gasteiger partial charge in [0.15, 0.2) is 0 Å². The third-order valence-electron chi connectivity index (χ3n) is 5.78. The molecule has 0 aromatic heterocycles. The first-order valence-electron chi connectivity index (χ1n) is 9.59. The van der Waals surface area contributed by atoms with Crippen molar-refractivity contribution in [2.45, 2.75) is 18.4 Å². The Morgan fingerprint density at radius 3 is 2.66 bits per heavy atom. The summed E-state index contributed by atoms with van der Waals surface area (Å²) in [5.74, 6) is -1.22.